The molecule has 2 aliphatic rings. The van der Waals surface area contributed by atoms with Gasteiger partial charge in [-0.3, -0.25) is 0 Å². The number of nitriles is 1. The van der Waals surface area contributed by atoms with Crippen molar-refractivity contribution in [3.8, 4) is 6.07 Å². The first-order valence-corrected chi connectivity index (χ1v) is 8.54. The van der Waals surface area contributed by atoms with Crippen LogP contribution in [0.2, 0.25) is 0 Å². The van der Waals surface area contributed by atoms with E-state index in [4.69, 9.17) is 5.73 Å². The van der Waals surface area contributed by atoms with Gasteiger partial charge in [0.2, 0.25) is 0 Å². The third kappa shape index (κ3) is 2.45. The number of nitrogen functional groups attached to an aromatic ring is 1. The van der Waals surface area contributed by atoms with Crippen LogP contribution in [0.5, 0.6) is 0 Å². The average Bonchev–Trinajstić information content (AvgIpc) is 3.08. The third-order valence-electron chi connectivity index (χ3n) is 3.87. The van der Waals surface area contributed by atoms with Gasteiger partial charge in [-0.15, -0.1) is 0 Å². The summed E-state index contributed by atoms with van der Waals surface area (Å²) in [5, 5.41) is 16.7. The minimum Gasteiger partial charge on any atom is -0.383 e. The van der Waals surface area contributed by atoms with Gasteiger partial charge in [-0.2, -0.15) is 10.4 Å². The van der Waals surface area contributed by atoms with Crippen LogP contribution >= 0.6 is 0 Å². The normalized spacial score (nSPS) is 24.4. The first kappa shape index (κ1) is 13.2. The molecular weight excluding hydrogens is 278 g/mol. The highest BCUT2D eigenvalue weighted by Crippen LogP contribution is 2.32. The molecule has 1 unspecified atom stereocenters. The molecule has 3 rings (SSSR count). The van der Waals surface area contributed by atoms with Crippen molar-refractivity contribution in [2.75, 3.05) is 29.1 Å². The van der Waals surface area contributed by atoms with Gasteiger partial charge in [0.05, 0.1) is 17.5 Å². The van der Waals surface area contributed by atoms with Crippen LogP contribution in [-0.2, 0) is 9.84 Å². The molecular formula is C12H17N5O2S. The molecule has 0 amide bonds. The molecule has 0 spiro atoms. The van der Waals surface area contributed by atoms with Gasteiger partial charge in [-0.25, -0.2) is 13.1 Å². The molecule has 2 heterocycles. The Bertz CT molecular complexity index is 669. The summed E-state index contributed by atoms with van der Waals surface area (Å²) in [6.07, 6.45) is 2.90. The van der Waals surface area contributed by atoms with Gasteiger partial charge < -0.3 is 11.1 Å². The summed E-state index contributed by atoms with van der Waals surface area (Å²) in [6, 6.07) is 1.79. The number of rotatable bonds is 4. The van der Waals surface area contributed by atoms with Crippen LogP contribution < -0.4 is 11.1 Å². The van der Waals surface area contributed by atoms with Crippen LogP contribution in [0.4, 0.5) is 11.6 Å². The van der Waals surface area contributed by atoms with Gasteiger partial charge in [0.25, 0.3) is 0 Å². The number of hydrogen-bond acceptors (Lipinski definition) is 6. The second-order valence-electron chi connectivity index (χ2n) is 5.55. The summed E-state index contributed by atoms with van der Waals surface area (Å²) in [4.78, 5) is 0. The smallest absolute Gasteiger partial charge is 0.168 e. The highest BCUT2D eigenvalue weighted by Gasteiger charge is 2.32. The molecule has 1 atom stereocenters. The molecule has 1 aromatic heterocycles. The van der Waals surface area contributed by atoms with Gasteiger partial charge in [-0.05, 0) is 25.2 Å². The lowest BCUT2D eigenvalue weighted by Crippen LogP contribution is -2.15. The number of aromatic nitrogens is 2. The van der Waals surface area contributed by atoms with Gasteiger partial charge in [0.1, 0.15) is 17.5 Å². The lowest BCUT2D eigenvalue weighted by molar-refractivity contribution is 0.508. The summed E-state index contributed by atoms with van der Waals surface area (Å²) in [5.74, 6) is 1.59. The maximum atomic E-state index is 11.5. The number of nitrogens with zero attached hydrogens (tertiary/aromatic N) is 3. The molecule has 0 aromatic carbocycles. The van der Waals surface area contributed by atoms with Crippen molar-refractivity contribution in [3.63, 3.8) is 0 Å². The van der Waals surface area contributed by atoms with Gasteiger partial charge in [-0.1, -0.05) is 0 Å². The molecule has 8 heteroatoms. The molecule has 1 aliphatic heterocycles. The minimum absolute atomic E-state index is 0.0474. The maximum absolute atomic E-state index is 11.5. The summed E-state index contributed by atoms with van der Waals surface area (Å²) >= 11 is 0. The summed E-state index contributed by atoms with van der Waals surface area (Å²) in [7, 11) is -3.01. The van der Waals surface area contributed by atoms with Crippen LogP contribution in [0, 0.1) is 17.2 Å². The monoisotopic (exact) mass is 295 g/mol. The van der Waals surface area contributed by atoms with Crippen molar-refractivity contribution < 1.29 is 8.42 Å². The molecule has 2 fully saturated rings. The quantitative estimate of drug-likeness (QED) is 0.837. The first-order valence-electron chi connectivity index (χ1n) is 6.72. The van der Waals surface area contributed by atoms with Crippen molar-refractivity contribution >= 4 is 21.5 Å². The van der Waals surface area contributed by atoms with E-state index >= 15 is 0 Å². The number of sulfone groups is 1. The Labute approximate surface area is 117 Å². The maximum Gasteiger partial charge on any atom is 0.168 e. The Morgan fingerprint density at radius 2 is 2.20 bits per heavy atom. The zero-order chi connectivity index (χ0) is 14.3. The van der Waals surface area contributed by atoms with Crippen LogP contribution in [0.3, 0.4) is 0 Å². The number of anilines is 2. The van der Waals surface area contributed by atoms with Crippen LogP contribution in [0.25, 0.3) is 0 Å². The van der Waals surface area contributed by atoms with Gasteiger partial charge in [0, 0.05) is 6.54 Å². The Morgan fingerprint density at radius 1 is 1.45 bits per heavy atom. The first-order chi connectivity index (χ1) is 9.50. The zero-order valence-corrected chi connectivity index (χ0v) is 11.9. The molecule has 1 saturated carbocycles. The fourth-order valence-electron chi connectivity index (χ4n) is 2.49. The fourth-order valence-corrected chi connectivity index (χ4v) is 4.18. The zero-order valence-electron chi connectivity index (χ0n) is 11.0. The van der Waals surface area contributed by atoms with E-state index in [9.17, 15) is 13.7 Å². The predicted octanol–water partition coefficient (Wildman–Crippen LogP) is 0.518. The van der Waals surface area contributed by atoms with E-state index < -0.39 is 9.84 Å². The number of nitrogens with one attached hydrogen (secondary N) is 1. The van der Waals surface area contributed by atoms with Crippen molar-refractivity contribution in [2.24, 2.45) is 5.92 Å². The molecule has 1 aromatic rings. The Morgan fingerprint density at radius 3 is 2.75 bits per heavy atom. The summed E-state index contributed by atoms with van der Waals surface area (Å²) < 4.78 is 24.6. The van der Waals surface area contributed by atoms with E-state index in [2.05, 4.69) is 16.5 Å². The summed E-state index contributed by atoms with van der Waals surface area (Å²) in [5.41, 5.74) is 6.26. The van der Waals surface area contributed by atoms with Crippen LogP contribution in [0.1, 0.15) is 30.9 Å². The van der Waals surface area contributed by atoms with E-state index in [0.29, 0.717) is 23.7 Å². The molecule has 1 saturated heterocycles. The highest BCUT2D eigenvalue weighted by molar-refractivity contribution is 7.91. The largest absolute Gasteiger partial charge is 0.383 e. The second kappa shape index (κ2) is 4.66. The third-order valence-corrected chi connectivity index (χ3v) is 5.62. The second-order valence-corrected chi connectivity index (χ2v) is 7.78. The molecule has 0 bridgehead atoms. The minimum atomic E-state index is -3.01. The standard InChI is InChI=1S/C12H17N5O2S/c13-5-10-11(14)17(9-3-4-20(18,19)7-9)16-12(10)15-6-8-1-2-8/h8-9H,1-4,6-7,14H2,(H,15,16). The molecule has 20 heavy (non-hydrogen) atoms. The Hall–Kier alpha value is -1.75. The van der Waals surface area contributed by atoms with Crippen molar-refractivity contribution in [1.29, 1.82) is 5.26 Å². The van der Waals surface area contributed by atoms with E-state index in [-0.39, 0.29) is 23.4 Å². The topological polar surface area (TPSA) is 114 Å². The lowest BCUT2D eigenvalue weighted by atomic mass is 10.2. The van der Waals surface area contributed by atoms with Crippen molar-refractivity contribution in [3.05, 3.63) is 5.56 Å². The molecule has 1 aliphatic carbocycles. The van der Waals surface area contributed by atoms with Gasteiger partial charge >= 0.3 is 0 Å². The molecule has 7 nitrogen and oxygen atoms in total. The van der Waals surface area contributed by atoms with E-state index in [0.717, 1.165) is 6.54 Å². The van der Waals surface area contributed by atoms with Crippen LogP contribution in [-0.4, -0.2) is 36.2 Å². The Balaban J connectivity index is 1.85. The summed E-state index contributed by atoms with van der Waals surface area (Å²) in [6.45, 7) is 0.786. The van der Waals surface area contributed by atoms with E-state index in [1.165, 1.54) is 17.5 Å². The SMILES string of the molecule is N#Cc1c(NCC2CC2)nn(C2CCS(=O)(=O)C2)c1N. The lowest BCUT2D eigenvalue weighted by Gasteiger charge is -2.09. The van der Waals surface area contributed by atoms with Gasteiger partial charge in [0.15, 0.2) is 15.7 Å². The number of hydrogen-bond donors (Lipinski definition) is 2. The fraction of sp³-hybridized carbons (Fsp3) is 0.667. The van der Waals surface area contributed by atoms with E-state index in [1.54, 1.807) is 0 Å². The molecule has 108 valence electrons. The van der Waals surface area contributed by atoms with Crippen molar-refractivity contribution in [1.82, 2.24) is 9.78 Å². The van der Waals surface area contributed by atoms with Crippen LogP contribution in [0.15, 0.2) is 0 Å². The number of nitrogens with two attached hydrogens (primary N) is 1. The average molecular weight is 295 g/mol. The van der Waals surface area contributed by atoms with Crippen molar-refractivity contribution in [2.45, 2.75) is 25.3 Å². The molecule has 3 N–H and O–H groups in total. The Kier molecular flexibility index (Phi) is 3.09. The highest BCUT2D eigenvalue weighted by atomic mass is 32.2. The predicted molar refractivity (Wildman–Crippen MR) is 74.9 cm³/mol. The molecule has 0 radical (unpaired) electrons. The van der Waals surface area contributed by atoms with E-state index in [1.807, 2.05) is 0 Å².